The van der Waals surface area contributed by atoms with Crippen LogP contribution in [0.1, 0.15) is 27.6 Å². The Kier molecular flexibility index (Phi) is 4.81. The second-order valence-electron chi connectivity index (χ2n) is 6.40. The number of thiazole rings is 1. The fraction of sp³-hybridized carbons (Fsp3) is 0.150. The smallest absolute Gasteiger partial charge is 0.363 e. The summed E-state index contributed by atoms with van der Waals surface area (Å²) in [6.07, 6.45) is 0. The molecule has 0 saturated heterocycles. The third-order valence-electron chi connectivity index (χ3n) is 4.28. The van der Waals surface area contributed by atoms with Gasteiger partial charge in [0.2, 0.25) is 11.1 Å². The Bertz CT molecular complexity index is 1340. The molecule has 146 valence electrons. The molecule has 29 heavy (non-hydrogen) atoms. The van der Waals surface area contributed by atoms with Gasteiger partial charge >= 0.3 is 5.97 Å². The molecular formula is C20H16N4O4S. The fourth-order valence-corrected chi connectivity index (χ4v) is 3.79. The van der Waals surface area contributed by atoms with Crippen LogP contribution < -0.4 is 11.0 Å². The summed E-state index contributed by atoms with van der Waals surface area (Å²) < 4.78 is 8.20. The van der Waals surface area contributed by atoms with Gasteiger partial charge in [-0.2, -0.15) is 5.10 Å². The maximum Gasteiger partial charge on any atom is 0.363 e. The van der Waals surface area contributed by atoms with Gasteiger partial charge in [-0.15, -0.1) is 11.3 Å². The van der Waals surface area contributed by atoms with E-state index in [-0.39, 0.29) is 17.9 Å². The molecule has 3 aromatic heterocycles. The molecule has 0 atom stereocenters. The van der Waals surface area contributed by atoms with E-state index in [0.29, 0.717) is 22.0 Å². The van der Waals surface area contributed by atoms with Gasteiger partial charge in [-0.25, -0.2) is 14.5 Å². The number of hydrogen-bond donors (Lipinski definition) is 0. The molecule has 3 heterocycles. The molecule has 0 unspecified atom stereocenters. The average molecular weight is 408 g/mol. The standard InChI is InChI=1S/C20H16N4O4S/c1-12-8-16(25)18(22-24(12)15-6-4-3-5-7-15)19(27)28-10-14-9-17(26)23-13(2)11-29-20(23)21-14/h3-9,11H,10H2,1-2H3. The fourth-order valence-electron chi connectivity index (χ4n) is 2.90. The van der Waals surface area contributed by atoms with Crippen LogP contribution in [-0.4, -0.2) is 25.1 Å². The van der Waals surface area contributed by atoms with E-state index in [0.717, 1.165) is 5.69 Å². The zero-order valence-corrected chi connectivity index (χ0v) is 16.5. The minimum Gasteiger partial charge on any atom is -0.454 e. The first-order chi connectivity index (χ1) is 13.9. The Morgan fingerprint density at radius 2 is 1.86 bits per heavy atom. The molecule has 0 bridgehead atoms. The van der Waals surface area contributed by atoms with Crippen LogP contribution in [0.5, 0.6) is 0 Å². The molecule has 8 nitrogen and oxygen atoms in total. The molecule has 0 fully saturated rings. The zero-order valence-electron chi connectivity index (χ0n) is 15.7. The van der Waals surface area contributed by atoms with Crippen molar-refractivity contribution in [1.29, 1.82) is 0 Å². The quantitative estimate of drug-likeness (QED) is 0.481. The Morgan fingerprint density at radius 3 is 2.62 bits per heavy atom. The maximum atomic E-state index is 12.5. The lowest BCUT2D eigenvalue weighted by molar-refractivity contribution is 0.0456. The number of fused-ring (bicyclic) bond motifs is 1. The van der Waals surface area contributed by atoms with Crippen molar-refractivity contribution in [3.8, 4) is 5.69 Å². The molecule has 0 aliphatic heterocycles. The van der Waals surface area contributed by atoms with Crippen LogP contribution in [0.4, 0.5) is 0 Å². The number of rotatable bonds is 4. The number of nitrogens with zero attached hydrogens (tertiary/aromatic N) is 4. The number of carbonyl (C=O) groups is 1. The Labute approximate surface area is 168 Å². The first-order valence-electron chi connectivity index (χ1n) is 8.74. The Balaban J connectivity index is 1.61. The van der Waals surface area contributed by atoms with Crippen molar-refractivity contribution in [2.45, 2.75) is 20.5 Å². The maximum absolute atomic E-state index is 12.5. The highest BCUT2D eigenvalue weighted by atomic mass is 32.1. The van der Waals surface area contributed by atoms with Crippen molar-refractivity contribution in [3.63, 3.8) is 0 Å². The van der Waals surface area contributed by atoms with E-state index >= 15 is 0 Å². The summed E-state index contributed by atoms with van der Waals surface area (Å²) in [5.41, 5.74) is 1.29. The topological polar surface area (TPSA) is 95.6 Å². The lowest BCUT2D eigenvalue weighted by Gasteiger charge is -2.11. The van der Waals surface area contributed by atoms with Gasteiger partial charge in [0, 0.05) is 28.9 Å². The van der Waals surface area contributed by atoms with Gasteiger partial charge < -0.3 is 4.74 Å². The van der Waals surface area contributed by atoms with Crippen LogP contribution in [0.15, 0.2) is 57.4 Å². The number of hydrogen-bond acceptors (Lipinski definition) is 7. The number of para-hydroxylation sites is 1. The molecule has 0 aliphatic rings. The Morgan fingerprint density at radius 1 is 1.10 bits per heavy atom. The van der Waals surface area contributed by atoms with Crippen molar-refractivity contribution in [2.75, 3.05) is 0 Å². The van der Waals surface area contributed by atoms with Crippen molar-refractivity contribution in [1.82, 2.24) is 19.2 Å². The first-order valence-corrected chi connectivity index (χ1v) is 9.62. The summed E-state index contributed by atoms with van der Waals surface area (Å²) in [5, 5.41) is 5.99. The van der Waals surface area contributed by atoms with Crippen LogP contribution in [0.25, 0.3) is 10.6 Å². The van der Waals surface area contributed by atoms with E-state index < -0.39 is 11.4 Å². The van der Waals surface area contributed by atoms with E-state index in [4.69, 9.17) is 4.74 Å². The van der Waals surface area contributed by atoms with Crippen molar-refractivity contribution in [2.24, 2.45) is 0 Å². The van der Waals surface area contributed by atoms with Crippen LogP contribution in [-0.2, 0) is 11.3 Å². The highest BCUT2D eigenvalue weighted by Crippen LogP contribution is 2.12. The normalized spacial score (nSPS) is 11.0. The van der Waals surface area contributed by atoms with Crippen molar-refractivity contribution >= 4 is 22.3 Å². The minimum atomic E-state index is -0.871. The number of ether oxygens (including phenoxy) is 1. The summed E-state index contributed by atoms with van der Waals surface area (Å²) in [6.45, 7) is 3.31. The molecule has 9 heteroatoms. The molecule has 0 spiro atoms. The second-order valence-corrected chi connectivity index (χ2v) is 7.24. The van der Waals surface area contributed by atoms with Gasteiger partial charge in [-0.3, -0.25) is 14.0 Å². The van der Waals surface area contributed by atoms with E-state index in [1.54, 1.807) is 6.92 Å². The largest absolute Gasteiger partial charge is 0.454 e. The Hall–Kier alpha value is -3.59. The number of carbonyl (C=O) groups excluding carboxylic acids is 1. The van der Waals surface area contributed by atoms with E-state index in [1.165, 1.54) is 32.6 Å². The highest BCUT2D eigenvalue weighted by Gasteiger charge is 2.18. The molecule has 4 rings (SSSR count). The molecule has 0 aliphatic carbocycles. The number of esters is 1. The lowest BCUT2D eigenvalue weighted by Crippen LogP contribution is -2.24. The summed E-state index contributed by atoms with van der Waals surface area (Å²) in [7, 11) is 0. The van der Waals surface area contributed by atoms with Crippen LogP contribution >= 0.6 is 11.3 Å². The van der Waals surface area contributed by atoms with Crippen LogP contribution in [0.3, 0.4) is 0 Å². The molecule has 4 aromatic rings. The summed E-state index contributed by atoms with van der Waals surface area (Å²) in [4.78, 5) is 41.8. The van der Waals surface area contributed by atoms with Crippen molar-refractivity contribution in [3.05, 3.63) is 91.2 Å². The summed E-state index contributed by atoms with van der Waals surface area (Å²) in [6, 6.07) is 11.8. The molecule has 0 N–H and O–H groups in total. The minimum absolute atomic E-state index is 0.234. The molecule has 0 radical (unpaired) electrons. The monoisotopic (exact) mass is 408 g/mol. The lowest BCUT2D eigenvalue weighted by atomic mass is 10.3. The summed E-state index contributed by atoms with van der Waals surface area (Å²) >= 11 is 1.32. The van der Waals surface area contributed by atoms with Crippen LogP contribution in [0.2, 0.25) is 0 Å². The average Bonchev–Trinajstić information content (AvgIpc) is 3.08. The third-order valence-corrected chi connectivity index (χ3v) is 5.22. The van der Waals surface area contributed by atoms with Gasteiger partial charge in [0.25, 0.3) is 5.56 Å². The van der Waals surface area contributed by atoms with Gasteiger partial charge in [-0.1, -0.05) is 18.2 Å². The number of benzene rings is 1. The van der Waals surface area contributed by atoms with E-state index in [9.17, 15) is 14.4 Å². The second kappa shape index (κ2) is 7.44. The number of aromatic nitrogens is 4. The first kappa shape index (κ1) is 18.8. The molecule has 1 aromatic carbocycles. The van der Waals surface area contributed by atoms with Crippen LogP contribution in [0, 0.1) is 13.8 Å². The molecule has 0 saturated carbocycles. The zero-order chi connectivity index (χ0) is 20.5. The van der Waals surface area contributed by atoms with Gasteiger partial charge in [0.15, 0.2) is 4.96 Å². The van der Waals surface area contributed by atoms with E-state index in [2.05, 4.69) is 10.1 Å². The van der Waals surface area contributed by atoms with E-state index in [1.807, 2.05) is 42.6 Å². The molecular weight excluding hydrogens is 392 g/mol. The van der Waals surface area contributed by atoms with Gasteiger partial charge in [0.1, 0.15) is 6.61 Å². The predicted octanol–water partition coefficient (Wildman–Crippen LogP) is 2.28. The highest BCUT2D eigenvalue weighted by molar-refractivity contribution is 7.15. The third kappa shape index (κ3) is 3.59. The summed E-state index contributed by atoms with van der Waals surface area (Å²) in [5.74, 6) is -0.871. The van der Waals surface area contributed by atoms with Gasteiger partial charge in [-0.05, 0) is 26.0 Å². The number of aryl methyl sites for hydroxylation is 2. The SMILES string of the molecule is Cc1cc(=O)c(C(=O)OCc2cc(=O)n3c(C)csc3n2)nn1-c1ccccc1. The van der Waals surface area contributed by atoms with Gasteiger partial charge in [0.05, 0.1) is 11.4 Å². The van der Waals surface area contributed by atoms with Crippen molar-refractivity contribution < 1.29 is 9.53 Å². The predicted molar refractivity (Wildman–Crippen MR) is 108 cm³/mol. The molecule has 0 amide bonds.